The molecule has 0 radical (unpaired) electrons. The van der Waals surface area contributed by atoms with Crippen LogP contribution in [0.25, 0.3) is 0 Å². The number of rotatable bonds is 8. The van der Waals surface area contributed by atoms with E-state index in [9.17, 15) is 0 Å². The first kappa shape index (κ1) is 12.0. The molecule has 2 nitrogen and oxygen atoms in total. The summed E-state index contributed by atoms with van der Waals surface area (Å²) < 4.78 is 0. The molecular weight excluding hydrogens is 172 g/mol. The van der Waals surface area contributed by atoms with Gasteiger partial charge in [-0.15, -0.1) is 0 Å². The fraction of sp³-hybridized carbons (Fsp3) is 1.00. The van der Waals surface area contributed by atoms with E-state index >= 15 is 0 Å². The minimum atomic E-state index is 0.839. The molecule has 84 valence electrons. The third-order valence-electron chi connectivity index (χ3n) is 3.03. The first-order valence-electron chi connectivity index (χ1n) is 6.37. The summed E-state index contributed by atoms with van der Waals surface area (Å²) in [6.45, 7) is 5.91. The Kier molecular flexibility index (Phi) is 7.06. The molecule has 1 fully saturated rings. The third kappa shape index (κ3) is 5.61. The molecule has 1 unspecified atom stereocenters. The van der Waals surface area contributed by atoms with Crippen molar-refractivity contribution in [2.24, 2.45) is 0 Å². The van der Waals surface area contributed by atoms with Crippen molar-refractivity contribution in [3.63, 3.8) is 0 Å². The van der Waals surface area contributed by atoms with Crippen molar-refractivity contribution in [1.29, 1.82) is 0 Å². The van der Waals surface area contributed by atoms with Gasteiger partial charge in [0.15, 0.2) is 0 Å². The summed E-state index contributed by atoms with van der Waals surface area (Å²) in [4.78, 5) is 0. The Morgan fingerprint density at radius 2 is 2.07 bits per heavy atom. The number of hydrogen-bond donors (Lipinski definition) is 2. The third-order valence-corrected chi connectivity index (χ3v) is 3.03. The summed E-state index contributed by atoms with van der Waals surface area (Å²) in [5, 5.41) is 7.04. The first-order chi connectivity index (χ1) is 6.93. The normalized spacial score (nSPS) is 21.6. The van der Waals surface area contributed by atoms with Crippen molar-refractivity contribution >= 4 is 0 Å². The van der Waals surface area contributed by atoms with Crippen LogP contribution < -0.4 is 10.6 Å². The van der Waals surface area contributed by atoms with Crippen LogP contribution in [-0.4, -0.2) is 25.7 Å². The Bertz CT molecular complexity index is 119. The van der Waals surface area contributed by atoms with Gasteiger partial charge in [0, 0.05) is 6.04 Å². The van der Waals surface area contributed by atoms with Gasteiger partial charge in [-0.3, -0.25) is 0 Å². The summed E-state index contributed by atoms with van der Waals surface area (Å²) in [5.41, 5.74) is 0. The Morgan fingerprint density at radius 3 is 2.79 bits per heavy atom. The van der Waals surface area contributed by atoms with E-state index in [1.165, 1.54) is 64.6 Å². The van der Waals surface area contributed by atoms with Gasteiger partial charge in [0.05, 0.1) is 0 Å². The summed E-state index contributed by atoms with van der Waals surface area (Å²) in [6, 6.07) is 0.839. The van der Waals surface area contributed by atoms with Gasteiger partial charge in [0.25, 0.3) is 0 Å². The molecule has 1 rings (SSSR count). The van der Waals surface area contributed by atoms with Crippen LogP contribution in [0.5, 0.6) is 0 Å². The van der Waals surface area contributed by atoms with Crippen molar-refractivity contribution in [3.05, 3.63) is 0 Å². The van der Waals surface area contributed by atoms with Crippen molar-refractivity contribution in [2.45, 2.75) is 57.9 Å². The Morgan fingerprint density at radius 1 is 1.21 bits per heavy atom. The smallest absolute Gasteiger partial charge is 0.00675 e. The summed E-state index contributed by atoms with van der Waals surface area (Å²) in [7, 11) is 0. The zero-order valence-electron chi connectivity index (χ0n) is 9.65. The lowest BCUT2D eigenvalue weighted by Gasteiger charge is -2.09. The van der Waals surface area contributed by atoms with E-state index in [0.717, 1.165) is 6.04 Å². The number of nitrogens with one attached hydrogen (secondary N) is 2. The lowest BCUT2D eigenvalue weighted by molar-refractivity contribution is 0.508. The largest absolute Gasteiger partial charge is 0.317 e. The maximum absolute atomic E-state index is 3.55. The van der Waals surface area contributed by atoms with E-state index in [4.69, 9.17) is 0 Å². The van der Waals surface area contributed by atoms with Crippen LogP contribution in [0, 0.1) is 0 Å². The van der Waals surface area contributed by atoms with Gasteiger partial charge in [0.1, 0.15) is 0 Å². The van der Waals surface area contributed by atoms with E-state index in [0.29, 0.717) is 0 Å². The minimum absolute atomic E-state index is 0.839. The van der Waals surface area contributed by atoms with Crippen LogP contribution in [0.1, 0.15) is 51.9 Å². The standard InChI is InChI=1S/C12H26N2/c1-2-3-9-13-10-5-4-7-12-8-6-11-14-12/h12-14H,2-11H2,1H3. The second kappa shape index (κ2) is 8.25. The first-order valence-corrected chi connectivity index (χ1v) is 6.37. The van der Waals surface area contributed by atoms with Crippen molar-refractivity contribution in [3.8, 4) is 0 Å². The highest BCUT2D eigenvalue weighted by Gasteiger charge is 2.12. The lowest BCUT2D eigenvalue weighted by Crippen LogP contribution is -2.22. The van der Waals surface area contributed by atoms with Crippen molar-refractivity contribution < 1.29 is 0 Å². The molecule has 1 saturated heterocycles. The maximum atomic E-state index is 3.55. The van der Waals surface area contributed by atoms with Gasteiger partial charge >= 0.3 is 0 Å². The zero-order valence-corrected chi connectivity index (χ0v) is 9.65. The Hall–Kier alpha value is -0.0800. The molecule has 1 heterocycles. The van der Waals surface area contributed by atoms with Gasteiger partial charge in [0.2, 0.25) is 0 Å². The quantitative estimate of drug-likeness (QED) is 0.585. The van der Waals surface area contributed by atoms with E-state index in [1.54, 1.807) is 0 Å². The molecule has 0 aromatic rings. The average molecular weight is 198 g/mol. The topological polar surface area (TPSA) is 24.1 Å². The Labute approximate surface area is 88.8 Å². The van der Waals surface area contributed by atoms with Gasteiger partial charge in [-0.05, 0) is 51.7 Å². The Balaban J connectivity index is 1.75. The number of hydrogen-bond acceptors (Lipinski definition) is 2. The number of unbranched alkanes of at least 4 members (excludes halogenated alkanes) is 2. The fourth-order valence-electron chi connectivity index (χ4n) is 2.07. The molecule has 0 aliphatic carbocycles. The molecule has 1 atom stereocenters. The minimum Gasteiger partial charge on any atom is -0.317 e. The molecule has 0 spiro atoms. The zero-order chi connectivity index (χ0) is 10.1. The predicted molar refractivity (Wildman–Crippen MR) is 62.7 cm³/mol. The average Bonchev–Trinajstić information content (AvgIpc) is 2.69. The molecule has 1 aliphatic rings. The maximum Gasteiger partial charge on any atom is 0.00675 e. The van der Waals surface area contributed by atoms with E-state index in [2.05, 4.69) is 17.6 Å². The molecule has 0 aromatic heterocycles. The summed E-state index contributed by atoms with van der Waals surface area (Å²) >= 11 is 0. The van der Waals surface area contributed by atoms with Gasteiger partial charge in [-0.25, -0.2) is 0 Å². The SMILES string of the molecule is CCCCNCCCCC1CCCN1. The molecule has 2 heteroatoms. The highest BCUT2D eigenvalue weighted by atomic mass is 14.9. The molecule has 14 heavy (non-hydrogen) atoms. The van der Waals surface area contributed by atoms with Crippen LogP contribution in [-0.2, 0) is 0 Å². The monoisotopic (exact) mass is 198 g/mol. The van der Waals surface area contributed by atoms with Crippen molar-refractivity contribution in [2.75, 3.05) is 19.6 Å². The molecule has 1 aliphatic heterocycles. The fourth-order valence-corrected chi connectivity index (χ4v) is 2.07. The van der Waals surface area contributed by atoms with E-state index in [1.807, 2.05) is 0 Å². The highest BCUT2D eigenvalue weighted by Crippen LogP contribution is 2.11. The molecular formula is C12H26N2. The van der Waals surface area contributed by atoms with Gasteiger partial charge in [-0.1, -0.05) is 19.8 Å². The predicted octanol–water partition coefficient (Wildman–Crippen LogP) is 2.30. The lowest BCUT2D eigenvalue weighted by atomic mass is 10.1. The summed E-state index contributed by atoms with van der Waals surface area (Å²) in [6.07, 6.45) is 9.54. The van der Waals surface area contributed by atoms with E-state index in [-0.39, 0.29) is 0 Å². The van der Waals surface area contributed by atoms with E-state index < -0.39 is 0 Å². The summed E-state index contributed by atoms with van der Waals surface area (Å²) in [5.74, 6) is 0. The van der Waals surface area contributed by atoms with Crippen LogP contribution >= 0.6 is 0 Å². The van der Waals surface area contributed by atoms with Crippen LogP contribution in [0.15, 0.2) is 0 Å². The second-order valence-electron chi connectivity index (χ2n) is 4.39. The molecule has 2 N–H and O–H groups in total. The van der Waals surface area contributed by atoms with Gasteiger partial charge < -0.3 is 10.6 Å². The van der Waals surface area contributed by atoms with Crippen LogP contribution in [0.4, 0.5) is 0 Å². The molecule has 0 bridgehead atoms. The molecule has 0 amide bonds. The second-order valence-corrected chi connectivity index (χ2v) is 4.39. The van der Waals surface area contributed by atoms with Crippen molar-refractivity contribution in [1.82, 2.24) is 10.6 Å². The van der Waals surface area contributed by atoms with Crippen LogP contribution in [0.3, 0.4) is 0 Å². The molecule has 0 saturated carbocycles. The van der Waals surface area contributed by atoms with Crippen LogP contribution in [0.2, 0.25) is 0 Å². The highest BCUT2D eigenvalue weighted by molar-refractivity contribution is 4.73. The van der Waals surface area contributed by atoms with Gasteiger partial charge in [-0.2, -0.15) is 0 Å². The molecule has 0 aromatic carbocycles.